The fourth-order valence-electron chi connectivity index (χ4n) is 1.13. The maximum atomic E-state index is 10.6. The van der Waals surface area contributed by atoms with Crippen LogP contribution in [0.1, 0.15) is 13.8 Å². The lowest BCUT2D eigenvalue weighted by atomic mass is 9.82. The largest absolute Gasteiger partial charge is 0.351 e. The molecular weight excluding hydrogens is 142 g/mol. The van der Waals surface area contributed by atoms with Gasteiger partial charge in [0.1, 0.15) is 0 Å². The zero-order valence-electron chi connectivity index (χ0n) is 7.00. The van der Waals surface area contributed by atoms with Crippen molar-refractivity contribution >= 4 is 6.03 Å². The third kappa shape index (κ3) is 1.63. The first kappa shape index (κ1) is 8.33. The molecule has 1 saturated heterocycles. The first-order chi connectivity index (χ1) is 4.91. The minimum Gasteiger partial charge on any atom is -0.351 e. The van der Waals surface area contributed by atoms with E-state index in [4.69, 9.17) is 11.5 Å². The molecule has 4 nitrogen and oxygen atoms in total. The van der Waals surface area contributed by atoms with Crippen LogP contribution in [0.3, 0.4) is 0 Å². The van der Waals surface area contributed by atoms with Gasteiger partial charge in [-0.1, -0.05) is 0 Å². The van der Waals surface area contributed by atoms with Gasteiger partial charge in [-0.25, -0.2) is 4.79 Å². The summed E-state index contributed by atoms with van der Waals surface area (Å²) >= 11 is 0. The number of amides is 2. The maximum absolute atomic E-state index is 10.6. The van der Waals surface area contributed by atoms with E-state index in [0.29, 0.717) is 19.0 Å². The molecule has 0 aromatic rings. The van der Waals surface area contributed by atoms with Gasteiger partial charge in [-0.3, -0.25) is 0 Å². The van der Waals surface area contributed by atoms with Crippen LogP contribution in [0.4, 0.5) is 4.79 Å². The van der Waals surface area contributed by atoms with Crippen molar-refractivity contribution in [1.82, 2.24) is 4.90 Å². The second kappa shape index (κ2) is 2.37. The Morgan fingerprint density at radius 2 is 2.00 bits per heavy atom. The van der Waals surface area contributed by atoms with Crippen LogP contribution in [-0.4, -0.2) is 29.6 Å². The fourth-order valence-corrected chi connectivity index (χ4v) is 1.13. The molecule has 0 saturated carbocycles. The Morgan fingerprint density at radius 1 is 1.55 bits per heavy atom. The average molecular weight is 157 g/mol. The summed E-state index contributed by atoms with van der Waals surface area (Å²) in [5.74, 6) is 0.398. The number of rotatable bonds is 1. The van der Waals surface area contributed by atoms with E-state index in [1.54, 1.807) is 4.90 Å². The molecule has 64 valence electrons. The van der Waals surface area contributed by atoms with Crippen molar-refractivity contribution in [3.05, 3.63) is 0 Å². The highest BCUT2D eigenvalue weighted by Gasteiger charge is 2.37. The first-order valence-corrected chi connectivity index (χ1v) is 3.74. The molecule has 0 bridgehead atoms. The van der Waals surface area contributed by atoms with E-state index in [9.17, 15) is 4.79 Å². The smallest absolute Gasteiger partial charge is 0.314 e. The first-order valence-electron chi connectivity index (χ1n) is 3.74. The van der Waals surface area contributed by atoms with Gasteiger partial charge in [-0.15, -0.1) is 0 Å². The molecule has 0 radical (unpaired) electrons. The topological polar surface area (TPSA) is 72.3 Å². The zero-order chi connectivity index (χ0) is 8.65. The lowest BCUT2D eigenvalue weighted by Gasteiger charge is -2.45. The Kier molecular flexibility index (Phi) is 1.80. The molecular formula is C7H15N3O. The number of nitrogens with zero attached hydrogens (tertiary/aromatic N) is 1. The molecule has 0 unspecified atom stereocenters. The minimum atomic E-state index is -0.342. The average Bonchev–Trinajstić information content (AvgIpc) is 1.51. The number of carbonyl (C=O) groups excluding carboxylic acids is 1. The van der Waals surface area contributed by atoms with Gasteiger partial charge in [0.05, 0.1) is 0 Å². The maximum Gasteiger partial charge on any atom is 0.314 e. The van der Waals surface area contributed by atoms with Crippen LogP contribution in [-0.2, 0) is 0 Å². The molecule has 0 aromatic carbocycles. The number of nitrogens with two attached hydrogens (primary N) is 2. The molecule has 1 fully saturated rings. The third-order valence-electron chi connectivity index (χ3n) is 2.25. The van der Waals surface area contributed by atoms with E-state index in [1.807, 2.05) is 13.8 Å². The number of urea groups is 1. The standard InChI is InChI=1S/C7H15N3O/c1-7(2,9)5-3-10(4-5)6(8)11/h5H,3-4,9H2,1-2H3,(H2,8,11). The molecule has 4 N–H and O–H groups in total. The van der Waals surface area contributed by atoms with E-state index < -0.39 is 0 Å². The third-order valence-corrected chi connectivity index (χ3v) is 2.25. The van der Waals surface area contributed by atoms with Crippen LogP contribution in [0.2, 0.25) is 0 Å². The van der Waals surface area contributed by atoms with Crippen molar-refractivity contribution in [2.45, 2.75) is 19.4 Å². The Balaban J connectivity index is 2.35. The second-order valence-corrected chi connectivity index (χ2v) is 3.76. The van der Waals surface area contributed by atoms with Crippen molar-refractivity contribution in [2.75, 3.05) is 13.1 Å². The second-order valence-electron chi connectivity index (χ2n) is 3.76. The van der Waals surface area contributed by atoms with Gasteiger partial charge in [-0.05, 0) is 13.8 Å². The van der Waals surface area contributed by atoms with Crippen LogP contribution in [0.25, 0.3) is 0 Å². The van der Waals surface area contributed by atoms with E-state index >= 15 is 0 Å². The molecule has 0 atom stereocenters. The Morgan fingerprint density at radius 3 is 2.27 bits per heavy atom. The van der Waals surface area contributed by atoms with Gasteiger partial charge in [-0.2, -0.15) is 0 Å². The van der Waals surface area contributed by atoms with Crippen LogP contribution < -0.4 is 11.5 Å². The highest BCUT2D eigenvalue weighted by atomic mass is 16.2. The van der Waals surface area contributed by atoms with Gasteiger partial charge in [0.25, 0.3) is 0 Å². The molecule has 1 rings (SSSR count). The Bertz CT molecular complexity index is 167. The molecule has 2 amide bonds. The quantitative estimate of drug-likeness (QED) is 0.550. The van der Waals surface area contributed by atoms with Crippen molar-refractivity contribution in [3.8, 4) is 0 Å². The van der Waals surface area contributed by atoms with Crippen molar-refractivity contribution in [1.29, 1.82) is 0 Å². The predicted molar refractivity (Wildman–Crippen MR) is 42.9 cm³/mol. The summed E-state index contributed by atoms with van der Waals surface area (Å²) in [4.78, 5) is 12.2. The van der Waals surface area contributed by atoms with Crippen molar-refractivity contribution < 1.29 is 4.79 Å². The number of likely N-dealkylation sites (tertiary alicyclic amines) is 1. The number of hydrogen-bond acceptors (Lipinski definition) is 2. The minimum absolute atomic E-state index is 0.189. The van der Waals surface area contributed by atoms with E-state index in [0.717, 1.165) is 0 Å². The fraction of sp³-hybridized carbons (Fsp3) is 0.857. The summed E-state index contributed by atoms with van der Waals surface area (Å²) in [5, 5.41) is 0. The normalized spacial score (nSPS) is 19.7. The SMILES string of the molecule is CC(C)(N)C1CN(C(N)=O)C1. The monoisotopic (exact) mass is 157 g/mol. The molecule has 1 heterocycles. The summed E-state index contributed by atoms with van der Waals surface area (Å²) in [6.07, 6.45) is 0. The van der Waals surface area contributed by atoms with Gasteiger partial charge < -0.3 is 16.4 Å². The molecule has 0 spiro atoms. The summed E-state index contributed by atoms with van der Waals surface area (Å²) < 4.78 is 0. The number of hydrogen-bond donors (Lipinski definition) is 2. The van der Waals surface area contributed by atoms with Crippen LogP contribution in [0.15, 0.2) is 0 Å². The predicted octanol–water partition coefficient (Wildman–Crippen LogP) is -0.266. The molecule has 4 heteroatoms. The van der Waals surface area contributed by atoms with Crippen LogP contribution >= 0.6 is 0 Å². The van der Waals surface area contributed by atoms with E-state index in [-0.39, 0.29) is 11.6 Å². The highest BCUT2D eigenvalue weighted by molar-refractivity contribution is 5.72. The molecule has 0 aliphatic carbocycles. The Hall–Kier alpha value is -0.770. The summed E-state index contributed by atoms with van der Waals surface area (Å²) in [5.41, 5.74) is 10.7. The van der Waals surface area contributed by atoms with E-state index in [1.165, 1.54) is 0 Å². The molecule has 11 heavy (non-hydrogen) atoms. The summed E-state index contributed by atoms with van der Waals surface area (Å²) in [6, 6.07) is -0.342. The van der Waals surface area contributed by atoms with Gasteiger partial charge in [0.15, 0.2) is 0 Å². The lowest BCUT2D eigenvalue weighted by Crippen LogP contribution is -2.61. The van der Waals surface area contributed by atoms with Crippen LogP contribution in [0, 0.1) is 5.92 Å². The summed E-state index contributed by atoms with van der Waals surface area (Å²) in [7, 11) is 0. The number of carbonyl (C=O) groups is 1. The summed E-state index contributed by atoms with van der Waals surface area (Å²) in [6.45, 7) is 5.35. The number of primary amides is 1. The van der Waals surface area contributed by atoms with Crippen molar-refractivity contribution in [3.63, 3.8) is 0 Å². The molecule has 1 aliphatic heterocycles. The lowest BCUT2D eigenvalue weighted by molar-refractivity contribution is 0.0861. The van der Waals surface area contributed by atoms with Gasteiger partial charge in [0, 0.05) is 24.5 Å². The van der Waals surface area contributed by atoms with Crippen molar-refractivity contribution in [2.24, 2.45) is 17.4 Å². The molecule has 0 aromatic heterocycles. The molecule has 1 aliphatic rings. The highest BCUT2D eigenvalue weighted by Crippen LogP contribution is 2.24. The van der Waals surface area contributed by atoms with Gasteiger partial charge >= 0.3 is 6.03 Å². The zero-order valence-corrected chi connectivity index (χ0v) is 7.00. The van der Waals surface area contributed by atoms with E-state index in [2.05, 4.69) is 0 Å². The van der Waals surface area contributed by atoms with Crippen LogP contribution in [0.5, 0.6) is 0 Å². The van der Waals surface area contributed by atoms with Gasteiger partial charge in [0.2, 0.25) is 0 Å². The Labute approximate surface area is 66.5 Å².